The minimum Gasteiger partial charge on any atom is -0.0921 e. The van der Waals surface area contributed by atoms with Crippen molar-refractivity contribution >= 4 is 27.5 Å². The monoisotopic (exact) mass is 322 g/mol. The van der Waals surface area contributed by atoms with Crippen molar-refractivity contribution in [1.82, 2.24) is 0 Å². The van der Waals surface area contributed by atoms with Gasteiger partial charge in [-0.1, -0.05) is 75.6 Å². The van der Waals surface area contributed by atoms with Crippen molar-refractivity contribution in [2.75, 3.05) is 5.33 Å². The fourth-order valence-electron chi connectivity index (χ4n) is 2.03. The van der Waals surface area contributed by atoms with Gasteiger partial charge in [-0.05, 0) is 36.5 Å². The van der Waals surface area contributed by atoms with Crippen molar-refractivity contribution in [3.8, 4) is 0 Å². The zero-order chi connectivity index (χ0) is 13.0. The van der Waals surface area contributed by atoms with Crippen LogP contribution >= 0.6 is 27.5 Å². The number of alkyl halides is 1. The maximum absolute atomic E-state index is 6.22. The number of benzene rings is 2. The maximum Gasteiger partial charge on any atom is 0.0438 e. The molecule has 0 aliphatic carbocycles. The maximum atomic E-state index is 6.22. The molecule has 2 aromatic carbocycles. The SMILES string of the molecule is Cc1ccc(C(CBr)Cc2ccccc2Cl)cc1. The standard InChI is InChI=1S/C16H16BrCl/c1-12-6-8-13(9-7-12)15(11-17)10-14-4-2-3-5-16(14)18/h2-9,15H,10-11H2,1H3. The van der Waals surface area contributed by atoms with E-state index in [-0.39, 0.29) is 0 Å². The summed E-state index contributed by atoms with van der Waals surface area (Å²) in [6.45, 7) is 2.11. The lowest BCUT2D eigenvalue weighted by Gasteiger charge is -2.15. The van der Waals surface area contributed by atoms with E-state index in [0.717, 1.165) is 16.8 Å². The van der Waals surface area contributed by atoms with Crippen LogP contribution in [0, 0.1) is 6.92 Å². The molecule has 0 aliphatic heterocycles. The molecule has 0 bridgehead atoms. The Morgan fingerprint density at radius 1 is 1.06 bits per heavy atom. The summed E-state index contributed by atoms with van der Waals surface area (Å²) in [5, 5.41) is 1.80. The van der Waals surface area contributed by atoms with Crippen LogP contribution in [-0.2, 0) is 6.42 Å². The Hall–Kier alpha value is -0.790. The third kappa shape index (κ3) is 3.37. The molecule has 1 unspecified atom stereocenters. The predicted molar refractivity (Wildman–Crippen MR) is 82.9 cm³/mol. The zero-order valence-electron chi connectivity index (χ0n) is 10.4. The minimum absolute atomic E-state index is 0.463. The average molecular weight is 324 g/mol. The van der Waals surface area contributed by atoms with Crippen molar-refractivity contribution in [2.45, 2.75) is 19.3 Å². The van der Waals surface area contributed by atoms with Gasteiger partial charge in [0, 0.05) is 10.4 Å². The van der Waals surface area contributed by atoms with Crippen LogP contribution < -0.4 is 0 Å². The predicted octanol–water partition coefficient (Wildman–Crippen LogP) is 5.37. The summed E-state index contributed by atoms with van der Waals surface area (Å²) in [5.74, 6) is 0.463. The lowest BCUT2D eigenvalue weighted by Crippen LogP contribution is -2.05. The molecule has 0 saturated carbocycles. The Kier molecular flexibility index (Phi) is 4.85. The fourth-order valence-corrected chi connectivity index (χ4v) is 2.85. The first-order chi connectivity index (χ1) is 8.70. The molecule has 2 heteroatoms. The van der Waals surface area contributed by atoms with Crippen LogP contribution in [0.4, 0.5) is 0 Å². The third-order valence-corrected chi connectivity index (χ3v) is 4.31. The highest BCUT2D eigenvalue weighted by atomic mass is 79.9. The van der Waals surface area contributed by atoms with Crippen LogP contribution in [0.3, 0.4) is 0 Å². The summed E-state index contributed by atoms with van der Waals surface area (Å²) < 4.78 is 0. The molecule has 94 valence electrons. The third-order valence-electron chi connectivity index (χ3n) is 3.16. The van der Waals surface area contributed by atoms with Crippen LogP contribution in [0.5, 0.6) is 0 Å². The first-order valence-corrected chi connectivity index (χ1v) is 7.56. The highest BCUT2D eigenvalue weighted by Gasteiger charge is 2.12. The number of hydrogen-bond donors (Lipinski definition) is 0. The number of rotatable bonds is 4. The molecule has 0 amide bonds. The van der Waals surface area contributed by atoms with Gasteiger partial charge in [-0.3, -0.25) is 0 Å². The lowest BCUT2D eigenvalue weighted by molar-refractivity contribution is 0.775. The fraction of sp³-hybridized carbons (Fsp3) is 0.250. The first kappa shape index (κ1) is 13.6. The molecule has 2 aromatic rings. The molecule has 0 aliphatic rings. The molecule has 0 radical (unpaired) electrons. The summed E-state index contributed by atoms with van der Waals surface area (Å²) in [7, 11) is 0. The zero-order valence-corrected chi connectivity index (χ0v) is 12.7. The van der Waals surface area contributed by atoms with Gasteiger partial charge < -0.3 is 0 Å². The molecular weight excluding hydrogens is 308 g/mol. The normalized spacial score (nSPS) is 12.4. The van der Waals surface area contributed by atoms with E-state index in [9.17, 15) is 0 Å². The van der Waals surface area contributed by atoms with E-state index in [1.165, 1.54) is 16.7 Å². The quantitative estimate of drug-likeness (QED) is 0.664. The second kappa shape index (κ2) is 6.40. The Balaban J connectivity index is 2.20. The highest BCUT2D eigenvalue weighted by Crippen LogP contribution is 2.26. The Labute approximate surface area is 122 Å². The van der Waals surface area contributed by atoms with Crippen LogP contribution in [0.1, 0.15) is 22.6 Å². The molecule has 2 rings (SSSR count). The summed E-state index contributed by atoms with van der Waals surface area (Å²) in [6, 6.07) is 16.8. The molecule has 0 heterocycles. The van der Waals surface area contributed by atoms with Gasteiger partial charge in [0.1, 0.15) is 0 Å². The van der Waals surface area contributed by atoms with Crippen molar-refractivity contribution in [1.29, 1.82) is 0 Å². The minimum atomic E-state index is 0.463. The van der Waals surface area contributed by atoms with Gasteiger partial charge in [0.05, 0.1) is 0 Å². The van der Waals surface area contributed by atoms with E-state index >= 15 is 0 Å². The van der Waals surface area contributed by atoms with Gasteiger partial charge in [0.2, 0.25) is 0 Å². The Morgan fingerprint density at radius 3 is 2.33 bits per heavy atom. The Bertz CT molecular complexity index is 505. The molecule has 0 aromatic heterocycles. The molecule has 0 saturated heterocycles. The second-order valence-electron chi connectivity index (χ2n) is 4.56. The topological polar surface area (TPSA) is 0 Å². The van der Waals surface area contributed by atoms with E-state index in [4.69, 9.17) is 11.6 Å². The molecular formula is C16H16BrCl. The summed E-state index contributed by atoms with van der Waals surface area (Å²) in [5.41, 5.74) is 3.87. The van der Waals surface area contributed by atoms with Crippen LogP contribution in [0.2, 0.25) is 5.02 Å². The van der Waals surface area contributed by atoms with Gasteiger partial charge in [-0.2, -0.15) is 0 Å². The molecule has 1 atom stereocenters. The average Bonchev–Trinajstić information content (AvgIpc) is 2.39. The summed E-state index contributed by atoms with van der Waals surface area (Å²) in [4.78, 5) is 0. The number of hydrogen-bond acceptors (Lipinski definition) is 0. The van der Waals surface area contributed by atoms with E-state index in [0.29, 0.717) is 5.92 Å². The van der Waals surface area contributed by atoms with Crippen molar-refractivity contribution in [3.63, 3.8) is 0 Å². The van der Waals surface area contributed by atoms with Gasteiger partial charge in [-0.25, -0.2) is 0 Å². The lowest BCUT2D eigenvalue weighted by atomic mass is 9.93. The highest BCUT2D eigenvalue weighted by molar-refractivity contribution is 9.09. The van der Waals surface area contributed by atoms with E-state index in [1.807, 2.05) is 18.2 Å². The van der Waals surface area contributed by atoms with Crippen molar-refractivity contribution in [3.05, 3.63) is 70.2 Å². The van der Waals surface area contributed by atoms with E-state index < -0.39 is 0 Å². The molecule has 0 nitrogen and oxygen atoms in total. The van der Waals surface area contributed by atoms with Crippen molar-refractivity contribution < 1.29 is 0 Å². The molecule has 0 spiro atoms. The van der Waals surface area contributed by atoms with Gasteiger partial charge in [0.15, 0.2) is 0 Å². The molecule has 0 fully saturated rings. The molecule has 18 heavy (non-hydrogen) atoms. The van der Waals surface area contributed by atoms with Crippen LogP contribution in [-0.4, -0.2) is 5.33 Å². The van der Waals surface area contributed by atoms with Crippen molar-refractivity contribution in [2.24, 2.45) is 0 Å². The number of halogens is 2. The van der Waals surface area contributed by atoms with Gasteiger partial charge in [0.25, 0.3) is 0 Å². The van der Waals surface area contributed by atoms with E-state index in [1.54, 1.807) is 0 Å². The Morgan fingerprint density at radius 2 is 1.72 bits per heavy atom. The number of aryl methyl sites for hydroxylation is 1. The van der Waals surface area contributed by atoms with Crippen LogP contribution in [0.25, 0.3) is 0 Å². The van der Waals surface area contributed by atoms with Gasteiger partial charge in [-0.15, -0.1) is 0 Å². The molecule has 0 N–H and O–H groups in total. The van der Waals surface area contributed by atoms with Crippen LogP contribution in [0.15, 0.2) is 48.5 Å². The van der Waals surface area contributed by atoms with Gasteiger partial charge >= 0.3 is 0 Å². The smallest absolute Gasteiger partial charge is 0.0438 e. The second-order valence-corrected chi connectivity index (χ2v) is 5.61. The summed E-state index contributed by atoms with van der Waals surface area (Å²) in [6.07, 6.45) is 0.966. The largest absolute Gasteiger partial charge is 0.0921 e. The summed E-state index contributed by atoms with van der Waals surface area (Å²) >= 11 is 9.83. The first-order valence-electron chi connectivity index (χ1n) is 6.06. The van der Waals surface area contributed by atoms with E-state index in [2.05, 4.69) is 53.2 Å².